The van der Waals surface area contributed by atoms with Gasteiger partial charge in [-0.3, -0.25) is 0 Å². The Kier molecular flexibility index (Phi) is 3.84. The van der Waals surface area contributed by atoms with Crippen LogP contribution in [0.2, 0.25) is 10.0 Å². The van der Waals surface area contributed by atoms with Crippen molar-refractivity contribution in [2.75, 3.05) is 18.2 Å². The van der Waals surface area contributed by atoms with Gasteiger partial charge in [-0.2, -0.15) is 0 Å². The van der Waals surface area contributed by atoms with Crippen LogP contribution in [0.4, 0.5) is 17.1 Å². The molecule has 5 heteroatoms. The Bertz CT molecular complexity index is 556. The third kappa shape index (κ3) is 2.81. The number of rotatable bonds is 3. The van der Waals surface area contributed by atoms with Crippen molar-refractivity contribution in [1.29, 1.82) is 0 Å². The van der Waals surface area contributed by atoms with Crippen LogP contribution < -0.4 is 15.8 Å². The van der Waals surface area contributed by atoms with Gasteiger partial charge in [0.2, 0.25) is 0 Å². The first-order valence-corrected chi connectivity index (χ1v) is 6.01. The first-order chi connectivity index (χ1) is 8.60. The molecule has 0 saturated carbocycles. The summed E-state index contributed by atoms with van der Waals surface area (Å²) in [6.45, 7) is 0. The second-order valence-electron chi connectivity index (χ2n) is 3.71. The lowest BCUT2D eigenvalue weighted by Crippen LogP contribution is -1.96. The van der Waals surface area contributed by atoms with E-state index in [2.05, 4.69) is 5.32 Å². The fourth-order valence-corrected chi connectivity index (χ4v) is 1.84. The van der Waals surface area contributed by atoms with Gasteiger partial charge in [-0.25, -0.2) is 0 Å². The van der Waals surface area contributed by atoms with Crippen LogP contribution in [-0.2, 0) is 0 Å². The summed E-state index contributed by atoms with van der Waals surface area (Å²) in [6.07, 6.45) is 0. The number of nitrogen functional groups attached to an aromatic ring is 1. The van der Waals surface area contributed by atoms with Gasteiger partial charge < -0.3 is 15.8 Å². The number of methoxy groups -OCH3 is 1. The van der Waals surface area contributed by atoms with Crippen LogP contribution >= 0.6 is 23.2 Å². The SMILES string of the molecule is COc1ccc(Nc2cc(Cl)c(Cl)cc2N)cc1. The topological polar surface area (TPSA) is 47.3 Å². The van der Waals surface area contributed by atoms with Crippen LogP contribution in [0, 0.1) is 0 Å². The maximum atomic E-state index is 5.95. The van der Waals surface area contributed by atoms with E-state index in [1.54, 1.807) is 19.2 Å². The Hall–Kier alpha value is -1.58. The molecule has 3 nitrogen and oxygen atoms in total. The molecule has 2 rings (SSSR count). The van der Waals surface area contributed by atoms with Gasteiger partial charge >= 0.3 is 0 Å². The van der Waals surface area contributed by atoms with Crippen molar-refractivity contribution in [2.24, 2.45) is 0 Å². The highest BCUT2D eigenvalue weighted by atomic mass is 35.5. The van der Waals surface area contributed by atoms with Crippen molar-refractivity contribution in [3.05, 3.63) is 46.4 Å². The molecule has 2 aromatic rings. The number of hydrogen-bond acceptors (Lipinski definition) is 3. The first-order valence-electron chi connectivity index (χ1n) is 5.26. The van der Waals surface area contributed by atoms with Gasteiger partial charge in [0.15, 0.2) is 0 Å². The van der Waals surface area contributed by atoms with Crippen LogP contribution in [-0.4, -0.2) is 7.11 Å². The third-order valence-electron chi connectivity index (χ3n) is 2.46. The lowest BCUT2D eigenvalue weighted by atomic mass is 10.2. The molecule has 0 radical (unpaired) electrons. The minimum absolute atomic E-state index is 0.439. The summed E-state index contributed by atoms with van der Waals surface area (Å²) in [5.41, 5.74) is 8.01. The molecule has 0 spiro atoms. The van der Waals surface area contributed by atoms with E-state index in [0.717, 1.165) is 17.1 Å². The lowest BCUT2D eigenvalue weighted by molar-refractivity contribution is 0.415. The minimum Gasteiger partial charge on any atom is -0.497 e. The molecular formula is C13H12Cl2N2O. The van der Waals surface area contributed by atoms with Gasteiger partial charge in [0.25, 0.3) is 0 Å². The normalized spacial score (nSPS) is 10.2. The van der Waals surface area contributed by atoms with Crippen molar-refractivity contribution >= 4 is 40.3 Å². The van der Waals surface area contributed by atoms with Gasteiger partial charge in [-0.15, -0.1) is 0 Å². The molecule has 2 aromatic carbocycles. The van der Waals surface area contributed by atoms with Gasteiger partial charge in [-0.05, 0) is 36.4 Å². The molecule has 0 aliphatic heterocycles. The minimum atomic E-state index is 0.439. The smallest absolute Gasteiger partial charge is 0.119 e. The first kappa shape index (κ1) is 12.9. The van der Waals surface area contributed by atoms with Crippen LogP contribution in [0.5, 0.6) is 5.75 Å². The van der Waals surface area contributed by atoms with E-state index in [-0.39, 0.29) is 0 Å². The summed E-state index contributed by atoms with van der Waals surface area (Å²) in [5, 5.41) is 4.07. The van der Waals surface area contributed by atoms with Gasteiger partial charge in [-0.1, -0.05) is 23.2 Å². The van der Waals surface area contributed by atoms with E-state index < -0.39 is 0 Å². The highest BCUT2D eigenvalue weighted by Gasteiger charge is 2.05. The van der Waals surface area contributed by atoms with E-state index in [1.165, 1.54) is 0 Å². The molecular weight excluding hydrogens is 271 g/mol. The van der Waals surface area contributed by atoms with Crippen LogP contribution in [0.25, 0.3) is 0 Å². The summed E-state index contributed by atoms with van der Waals surface area (Å²) >= 11 is 11.8. The molecule has 0 fully saturated rings. The third-order valence-corrected chi connectivity index (χ3v) is 3.18. The second kappa shape index (κ2) is 5.38. The summed E-state index contributed by atoms with van der Waals surface area (Å²) in [4.78, 5) is 0. The quantitative estimate of drug-likeness (QED) is 0.824. The number of nitrogens with one attached hydrogen (secondary N) is 1. The Labute approximate surface area is 115 Å². The van der Waals surface area contributed by atoms with Gasteiger partial charge in [0.05, 0.1) is 28.5 Å². The summed E-state index contributed by atoms with van der Waals surface area (Å²) in [5.74, 6) is 0.794. The van der Waals surface area contributed by atoms with Crippen LogP contribution in [0.1, 0.15) is 0 Å². The molecule has 0 aliphatic rings. The number of anilines is 3. The predicted octanol–water partition coefficient (Wildman–Crippen LogP) is 4.33. The fraction of sp³-hybridized carbons (Fsp3) is 0.0769. The van der Waals surface area contributed by atoms with Gasteiger partial charge in [0.1, 0.15) is 5.75 Å². The number of halogens is 2. The molecule has 94 valence electrons. The molecule has 18 heavy (non-hydrogen) atoms. The Morgan fingerprint density at radius 1 is 1.06 bits per heavy atom. The molecule has 0 bridgehead atoms. The fourth-order valence-electron chi connectivity index (χ4n) is 1.50. The Morgan fingerprint density at radius 2 is 1.67 bits per heavy atom. The number of benzene rings is 2. The average molecular weight is 283 g/mol. The van der Waals surface area contributed by atoms with E-state index in [9.17, 15) is 0 Å². The number of ether oxygens (including phenoxy) is 1. The van der Waals surface area contributed by atoms with E-state index in [4.69, 9.17) is 33.7 Å². The van der Waals surface area contributed by atoms with Crippen molar-refractivity contribution in [3.8, 4) is 5.75 Å². The highest BCUT2D eigenvalue weighted by Crippen LogP contribution is 2.32. The number of hydrogen-bond donors (Lipinski definition) is 2. The highest BCUT2D eigenvalue weighted by molar-refractivity contribution is 6.42. The molecule has 0 atom stereocenters. The molecule has 3 N–H and O–H groups in total. The molecule has 0 unspecified atom stereocenters. The Balaban J connectivity index is 2.25. The van der Waals surface area contributed by atoms with Crippen LogP contribution in [0.3, 0.4) is 0 Å². The number of nitrogens with two attached hydrogens (primary N) is 1. The lowest BCUT2D eigenvalue weighted by Gasteiger charge is -2.11. The summed E-state index contributed by atoms with van der Waals surface area (Å²) < 4.78 is 5.09. The molecule has 0 saturated heterocycles. The zero-order chi connectivity index (χ0) is 13.1. The van der Waals surface area contributed by atoms with Crippen molar-refractivity contribution in [1.82, 2.24) is 0 Å². The van der Waals surface area contributed by atoms with E-state index in [0.29, 0.717) is 15.7 Å². The van der Waals surface area contributed by atoms with E-state index in [1.807, 2.05) is 24.3 Å². The Morgan fingerprint density at radius 3 is 2.28 bits per heavy atom. The zero-order valence-electron chi connectivity index (χ0n) is 9.71. The summed E-state index contributed by atoms with van der Waals surface area (Å²) in [7, 11) is 1.62. The molecule has 0 amide bonds. The second-order valence-corrected chi connectivity index (χ2v) is 4.52. The van der Waals surface area contributed by atoms with Crippen molar-refractivity contribution in [3.63, 3.8) is 0 Å². The average Bonchev–Trinajstić information content (AvgIpc) is 2.37. The maximum Gasteiger partial charge on any atom is 0.119 e. The van der Waals surface area contributed by atoms with E-state index >= 15 is 0 Å². The molecule has 0 aliphatic carbocycles. The van der Waals surface area contributed by atoms with Crippen molar-refractivity contribution in [2.45, 2.75) is 0 Å². The summed E-state index contributed by atoms with van der Waals surface area (Å²) in [6, 6.07) is 10.8. The largest absolute Gasteiger partial charge is 0.497 e. The van der Waals surface area contributed by atoms with Gasteiger partial charge in [0, 0.05) is 5.69 Å². The maximum absolute atomic E-state index is 5.95. The van der Waals surface area contributed by atoms with Crippen molar-refractivity contribution < 1.29 is 4.74 Å². The monoisotopic (exact) mass is 282 g/mol. The predicted molar refractivity (Wildman–Crippen MR) is 77.2 cm³/mol. The zero-order valence-corrected chi connectivity index (χ0v) is 11.2. The molecule has 0 aromatic heterocycles. The van der Waals surface area contributed by atoms with Crippen LogP contribution in [0.15, 0.2) is 36.4 Å². The standard InChI is InChI=1S/C13H12Cl2N2O/c1-18-9-4-2-8(3-5-9)17-13-7-11(15)10(14)6-12(13)16/h2-7,17H,16H2,1H3. The molecule has 0 heterocycles.